The fourth-order valence-electron chi connectivity index (χ4n) is 3.04. The highest BCUT2D eigenvalue weighted by Crippen LogP contribution is 2.22. The maximum Gasteiger partial charge on any atom is 0.254 e. The number of aliphatic hydroxyl groups excluding tert-OH is 1. The molecule has 0 bridgehead atoms. The maximum absolute atomic E-state index is 12.8. The van der Waals surface area contributed by atoms with Gasteiger partial charge in [0.25, 0.3) is 5.91 Å². The van der Waals surface area contributed by atoms with E-state index in [0.717, 1.165) is 56.4 Å². The maximum atomic E-state index is 12.8. The minimum absolute atomic E-state index is 0.143. The van der Waals surface area contributed by atoms with Gasteiger partial charge in [0.2, 0.25) is 0 Å². The Morgan fingerprint density at radius 3 is 3.00 bits per heavy atom. The van der Waals surface area contributed by atoms with Crippen LogP contribution in [0.5, 0.6) is 0 Å². The molecule has 1 aromatic carbocycles. The van der Waals surface area contributed by atoms with Crippen LogP contribution < -0.4 is 5.32 Å². The molecular weight excluding hydrogens is 264 g/mol. The quantitative estimate of drug-likeness (QED) is 0.838. The number of hydrogen-bond acceptors (Lipinski definition) is 3. The molecule has 1 fully saturated rings. The van der Waals surface area contributed by atoms with E-state index >= 15 is 0 Å². The molecule has 0 spiro atoms. The third-order valence-electron chi connectivity index (χ3n) is 4.24. The highest BCUT2D eigenvalue weighted by Gasteiger charge is 2.25. The van der Waals surface area contributed by atoms with Crippen LogP contribution in [0.2, 0.25) is 0 Å². The van der Waals surface area contributed by atoms with Crippen molar-refractivity contribution in [3.8, 4) is 0 Å². The molecule has 4 nitrogen and oxygen atoms in total. The van der Waals surface area contributed by atoms with Crippen LogP contribution in [0.15, 0.2) is 24.3 Å². The Labute approximate surface area is 127 Å². The second-order valence-corrected chi connectivity index (χ2v) is 5.78. The summed E-state index contributed by atoms with van der Waals surface area (Å²) >= 11 is 0. The number of benzene rings is 1. The van der Waals surface area contributed by atoms with Gasteiger partial charge in [-0.15, -0.1) is 0 Å². The molecule has 1 unspecified atom stereocenters. The number of nitrogens with zero attached hydrogens (tertiary/aromatic N) is 1. The fraction of sp³-hybridized carbons (Fsp3) is 0.588. The topological polar surface area (TPSA) is 52.6 Å². The van der Waals surface area contributed by atoms with Gasteiger partial charge >= 0.3 is 0 Å². The minimum atomic E-state index is 0.143. The Hall–Kier alpha value is -1.39. The van der Waals surface area contributed by atoms with Crippen LogP contribution in [-0.2, 0) is 6.42 Å². The summed E-state index contributed by atoms with van der Waals surface area (Å²) in [6, 6.07) is 7.90. The van der Waals surface area contributed by atoms with E-state index in [-0.39, 0.29) is 12.5 Å². The van der Waals surface area contributed by atoms with Crippen molar-refractivity contribution >= 4 is 5.91 Å². The van der Waals surface area contributed by atoms with E-state index in [9.17, 15) is 4.79 Å². The first-order chi connectivity index (χ1) is 10.3. The summed E-state index contributed by atoms with van der Waals surface area (Å²) in [5.41, 5.74) is 1.94. The molecule has 4 heteroatoms. The molecular formula is C17H26N2O2. The molecule has 0 aliphatic carbocycles. The van der Waals surface area contributed by atoms with Gasteiger partial charge in [-0.05, 0) is 56.8 Å². The minimum Gasteiger partial charge on any atom is -0.396 e. The summed E-state index contributed by atoms with van der Waals surface area (Å²) in [5, 5.41) is 12.2. The number of likely N-dealkylation sites (tertiary alicyclic amines) is 1. The Balaban J connectivity index is 2.08. The summed E-state index contributed by atoms with van der Waals surface area (Å²) in [6.45, 7) is 2.70. The third-order valence-corrected chi connectivity index (χ3v) is 4.24. The molecule has 1 atom stereocenters. The van der Waals surface area contributed by atoms with E-state index in [1.807, 2.05) is 36.2 Å². The largest absolute Gasteiger partial charge is 0.396 e. The zero-order valence-electron chi connectivity index (χ0n) is 12.8. The van der Waals surface area contributed by atoms with Gasteiger partial charge in [0, 0.05) is 25.3 Å². The number of amides is 1. The zero-order valence-corrected chi connectivity index (χ0v) is 12.8. The van der Waals surface area contributed by atoms with Crippen LogP contribution in [0.25, 0.3) is 0 Å². The number of hydrogen-bond donors (Lipinski definition) is 2. The van der Waals surface area contributed by atoms with Crippen molar-refractivity contribution in [3.63, 3.8) is 0 Å². The molecule has 0 radical (unpaired) electrons. The molecule has 1 aromatic rings. The Morgan fingerprint density at radius 2 is 2.24 bits per heavy atom. The summed E-state index contributed by atoms with van der Waals surface area (Å²) in [7, 11) is 1.93. The molecule has 2 rings (SSSR count). The van der Waals surface area contributed by atoms with E-state index in [1.165, 1.54) is 0 Å². The van der Waals surface area contributed by atoms with Gasteiger partial charge in [-0.1, -0.05) is 18.2 Å². The predicted octanol–water partition coefficient (Wildman–Crippen LogP) is 1.68. The first-order valence-corrected chi connectivity index (χ1v) is 7.89. The molecule has 1 aliphatic rings. The van der Waals surface area contributed by atoms with E-state index < -0.39 is 0 Å². The number of piperidine rings is 1. The van der Waals surface area contributed by atoms with E-state index in [1.54, 1.807) is 0 Å². The van der Waals surface area contributed by atoms with Crippen LogP contribution >= 0.6 is 0 Å². The van der Waals surface area contributed by atoms with Gasteiger partial charge in [0.15, 0.2) is 0 Å². The molecule has 1 saturated heterocycles. The fourth-order valence-corrected chi connectivity index (χ4v) is 3.04. The molecule has 0 aromatic heterocycles. The molecule has 116 valence electrons. The summed E-state index contributed by atoms with van der Waals surface area (Å²) in [4.78, 5) is 14.7. The summed E-state index contributed by atoms with van der Waals surface area (Å²) < 4.78 is 0. The highest BCUT2D eigenvalue weighted by molar-refractivity contribution is 5.95. The number of aliphatic hydroxyl groups is 1. The average Bonchev–Trinajstić information content (AvgIpc) is 2.53. The standard InChI is InChI=1S/C17H26N2O2/c1-18-10-8-15-6-2-3-7-16(15)17(21)19-11-4-5-14(13-19)9-12-20/h2-3,6-7,14,18,20H,4-5,8-13H2,1H3. The van der Waals surface area contributed by atoms with E-state index in [2.05, 4.69) is 5.32 Å². The van der Waals surface area contributed by atoms with Crippen LogP contribution in [-0.4, -0.2) is 49.2 Å². The van der Waals surface area contributed by atoms with Gasteiger partial charge in [0.05, 0.1) is 0 Å². The lowest BCUT2D eigenvalue weighted by molar-refractivity contribution is 0.0652. The van der Waals surface area contributed by atoms with Gasteiger partial charge in [-0.3, -0.25) is 4.79 Å². The van der Waals surface area contributed by atoms with Crippen molar-refractivity contribution < 1.29 is 9.90 Å². The lowest BCUT2D eigenvalue weighted by Crippen LogP contribution is -2.40. The Kier molecular flexibility index (Phi) is 6.21. The summed E-state index contributed by atoms with van der Waals surface area (Å²) in [5.74, 6) is 0.585. The van der Waals surface area contributed by atoms with Crippen LogP contribution in [0, 0.1) is 5.92 Å². The molecule has 1 amide bonds. The zero-order chi connectivity index (χ0) is 15.1. The van der Waals surface area contributed by atoms with Crippen LogP contribution in [0.3, 0.4) is 0 Å². The van der Waals surface area contributed by atoms with E-state index in [0.29, 0.717) is 5.92 Å². The Bertz CT molecular complexity index is 460. The van der Waals surface area contributed by atoms with E-state index in [4.69, 9.17) is 5.11 Å². The number of carbonyl (C=O) groups is 1. The summed E-state index contributed by atoms with van der Waals surface area (Å²) in [6.07, 6.45) is 3.82. The van der Waals surface area contributed by atoms with Crippen LogP contribution in [0.4, 0.5) is 0 Å². The first-order valence-electron chi connectivity index (χ1n) is 7.89. The van der Waals surface area contributed by atoms with Crippen LogP contribution in [0.1, 0.15) is 35.2 Å². The molecule has 1 aliphatic heterocycles. The number of carbonyl (C=O) groups excluding carboxylic acids is 1. The molecule has 1 heterocycles. The molecule has 2 N–H and O–H groups in total. The lowest BCUT2D eigenvalue weighted by atomic mass is 9.94. The van der Waals surface area contributed by atoms with Crippen molar-refractivity contribution in [3.05, 3.63) is 35.4 Å². The van der Waals surface area contributed by atoms with Gasteiger partial charge in [-0.2, -0.15) is 0 Å². The first kappa shape index (κ1) is 16.0. The second-order valence-electron chi connectivity index (χ2n) is 5.78. The number of rotatable bonds is 6. The van der Waals surface area contributed by atoms with Gasteiger partial charge in [-0.25, -0.2) is 0 Å². The normalized spacial score (nSPS) is 18.8. The average molecular weight is 290 g/mol. The SMILES string of the molecule is CNCCc1ccccc1C(=O)N1CCCC(CCO)C1. The third kappa shape index (κ3) is 4.29. The molecule has 0 saturated carbocycles. The smallest absolute Gasteiger partial charge is 0.254 e. The predicted molar refractivity (Wildman–Crippen MR) is 84.4 cm³/mol. The Morgan fingerprint density at radius 1 is 1.43 bits per heavy atom. The van der Waals surface area contributed by atoms with Crippen molar-refractivity contribution in [2.24, 2.45) is 5.92 Å². The van der Waals surface area contributed by atoms with Crippen molar-refractivity contribution in [1.29, 1.82) is 0 Å². The van der Waals surface area contributed by atoms with Crippen molar-refractivity contribution in [1.82, 2.24) is 10.2 Å². The highest BCUT2D eigenvalue weighted by atomic mass is 16.3. The van der Waals surface area contributed by atoms with Gasteiger partial charge < -0.3 is 15.3 Å². The number of nitrogens with one attached hydrogen (secondary N) is 1. The number of likely N-dealkylation sites (N-methyl/N-ethyl adjacent to an activating group) is 1. The second kappa shape index (κ2) is 8.15. The molecule has 21 heavy (non-hydrogen) atoms. The van der Waals surface area contributed by atoms with Crippen molar-refractivity contribution in [2.75, 3.05) is 33.3 Å². The lowest BCUT2D eigenvalue weighted by Gasteiger charge is -2.33. The van der Waals surface area contributed by atoms with Crippen molar-refractivity contribution in [2.45, 2.75) is 25.7 Å². The van der Waals surface area contributed by atoms with Gasteiger partial charge in [0.1, 0.15) is 0 Å². The monoisotopic (exact) mass is 290 g/mol.